The van der Waals surface area contributed by atoms with E-state index in [0.29, 0.717) is 24.3 Å². The third kappa shape index (κ3) is 4.62. The lowest BCUT2D eigenvalue weighted by Gasteiger charge is -2.14. The molecule has 1 heterocycles. The molecule has 4 nitrogen and oxygen atoms in total. The molecule has 2 N–H and O–H groups in total. The van der Waals surface area contributed by atoms with Crippen LogP contribution in [0.15, 0.2) is 24.3 Å². The Morgan fingerprint density at radius 2 is 2.05 bits per heavy atom. The fourth-order valence-corrected chi connectivity index (χ4v) is 3.16. The molecule has 0 spiro atoms. The molecule has 1 saturated heterocycles. The molecule has 0 bridgehead atoms. The Labute approximate surface area is 138 Å². The van der Waals surface area contributed by atoms with Gasteiger partial charge in [0.25, 0.3) is 5.91 Å². The normalized spacial score (nSPS) is 21.4. The maximum atomic E-state index is 12.2. The van der Waals surface area contributed by atoms with Gasteiger partial charge in [-0.3, -0.25) is 4.79 Å². The van der Waals surface area contributed by atoms with Crippen LogP contribution in [-0.4, -0.2) is 31.1 Å². The molecule has 22 heavy (non-hydrogen) atoms. The summed E-state index contributed by atoms with van der Waals surface area (Å²) in [5.41, 5.74) is 0.684. The van der Waals surface area contributed by atoms with Crippen molar-refractivity contribution in [1.82, 2.24) is 10.6 Å². The van der Waals surface area contributed by atoms with Crippen LogP contribution in [0, 0.1) is 0 Å². The van der Waals surface area contributed by atoms with E-state index < -0.39 is 0 Å². The second-order valence-corrected chi connectivity index (χ2v) is 6.06. The lowest BCUT2D eigenvalue weighted by Crippen LogP contribution is -2.37. The van der Waals surface area contributed by atoms with Crippen LogP contribution in [0.25, 0.3) is 0 Å². The van der Waals surface area contributed by atoms with Gasteiger partial charge >= 0.3 is 0 Å². The summed E-state index contributed by atoms with van der Waals surface area (Å²) in [6.07, 6.45) is 7.42. The number of nitrogens with one attached hydrogen (secondary N) is 2. The summed E-state index contributed by atoms with van der Waals surface area (Å²) in [5.74, 6) is 0.800. The Balaban J connectivity index is 0.00000176. The van der Waals surface area contributed by atoms with Crippen molar-refractivity contribution in [1.29, 1.82) is 0 Å². The first-order chi connectivity index (χ1) is 10.3. The quantitative estimate of drug-likeness (QED) is 0.875. The molecule has 1 aliphatic heterocycles. The minimum absolute atomic E-state index is 0. The number of carbonyl (C=O) groups is 1. The first-order valence-electron chi connectivity index (χ1n) is 8.09. The van der Waals surface area contributed by atoms with Gasteiger partial charge in [-0.25, -0.2) is 0 Å². The van der Waals surface area contributed by atoms with Gasteiger partial charge in [-0.05, 0) is 63.3 Å². The van der Waals surface area contributed by atoms with Gasteiger partial charge in [0.05, 0.1) is 6.10 Å². The number of hydrogen-bond acceptors (Lipinski definition) is 3. The molecular weight excluding hydrogens is 300 g/mol. The zero-order valence-electron chi connectivity index (χ0n) is 12.8. The largest absolute Gasteiger partial charge is 0.490 e. The zero-order valence-corrected chi connectivity index (χ0v) is 13.7. The van der Waals surface area contributed by atoms with Crippen molar-refractivity contribution in [2.24, 2.45) is 0 Å². The Morgan fingerprint density at radius 1 is 1.23 bits per heavy atom. The lowest BCUT2D eigenvalue weighted by molar-refractivity contribution is 0.0949. The number of halogens is 1. The van der Waals surface area contributed by atoms with E-state index in [1.54, 1.807) is 0 Å². The molecule has 3 rings (SSSR count). The summed E-state index contributed by atoms with van der Waals surface area (Å²) in [5, 5.41) is 6.39. The molecule has 1 saturated carbocycles. The summed E-state index contributed by atoms with van der Waals surface area (Å²) in [6, 6.07) is 7.96. The third-order valence-electron chi connectivity index (χ3n) is 4.37. The van der Waals surface area contributed by atoms with Gasteiger partial charge in [-0.2, -0.15) is 0 Å². The number of carbonyl (C=O) groups excluding carboxylic acids is 1. The summed E-state index contributed by atoms with van der Waals surface area (Å²) in [7, 11) is 0. The first-order valence-corrected chi connectivity index (χ1v) is 8.09. The molecule has 1 aromatic rings. The number of ether oxygens (including phenoxy) is 1. The molecule has 122 valence electrons. The fraction of sp³-hybridized carbons (Fsp3) is 0.588. The zero-order chi connectivity index (χ0) is 14.5. The molecule has 1 aromatic carbocycles. The maximum Gasteiger partial charge on any atom is 0.251 e. The Bertz CT molecular complexity index is 483. The van der Waals surface area contributed by atoms with Gasteiger partial charge in [0.15, 0.2) is 0 Å². The van der Waals surface area contributed by atoms with Crippen molar-refractivity contribution in [3.63, 3.8) is 0 Å². The lowest BCUT2D eigenvalue weighted by atomic mass is 10.2. The Hall–Kier alpha value is -1.26. The van der Waals surface area contributed by atoms with E-state index in [9.17, 15) is 4.79 Å². The van der Waals surface area contributed by atoms with E-state index >= 15 is 0 Å². The highest BCUT2D eigenvalue weighted by Gasteiger charge is 2.18. The fourth-order valence-electron chi connectivity index (χ4n) is 3.16. The van der Waals surface area contributed by atoms with Gasteiger partial charge in [0, 0.05) is 18.2 Å². The van der Waals surface area contributed by atoms with Crippen molar-refractivity contribution in [2.45, 2.75) is 50.7 Å². The van der Waals surface area contributed by atoms with Crippen LogP contribution in [0.1, 0.15) is 48.9 Å². The van der Waals surface area contributed by atoms with Crippen LogP contribution in [0.3, 0.4) is 0 Å². The van der Waals surface area contributed by atoms with Gasteiger partial charge in [-0.1, -0.05) is 6.07 Å². The van der Waals surface area contributed by atoms with Crippen LogP contribution >= 0.6 is 12.4 Å². The van der Waals surface area contributed by atoms with Crippen LogP contribution in [0.4, 0.5) is 0 Å². The monoisotopic (exact) mass is 324 g/mol. The molecule has 0 radical (unpaired) electrons. The molecule has 1 unspecified atom stereocenters. The van der Waals surface area contributed by atoms with Gasteiger partial charge in [-0.15, -0.1) is 12.4 Å². The van der Waals surface area contributed by atoms with E-state index in [1.807, 2.05) is 24.3 Å². The topological polar surface area (TPSA) is 50.4 Å². The molecular formula is C17H25ClN2O2. The van der Waals surface area contributed by atoms with E-state index in [4.69, 9.17) is 4.74 Å². The predicted octanol–water partition coefficient (Wildman–Crippen LogP) is 2.91. The van der Waals surface area contributed by atoms with Crippen LogP contribution < -0.4 is 15.4 Å². The van der Waals surface area contributed by atoms with E-state index in [0.717, 1.165) is 31.6 Å². The SMILES string of the molecule is Cl.O=C(NCC1CCCN1)c1cccc(OC2CCCC2)c1. The van der Waals surface area contributed by atoms with E-state index in [-0.39, 0.29) is 18.3 Å². The number of amides is 1. The second-order valence-electron chi connectivity index (χ2n) is 6.06. The highest BCUT2D eigenvalue weighted by atomic mass is 35.5. The molecule has 1 atom stereocenters. The molecule has 5 heteroatoms. The number of hydrogen-bond donors (Lipinski definition) is 2. The standard InChI is InChI=1S/C17H24N2O2.ClH/c20-17(19-12-14-6-4-10-18-14)13-5-3-9-16(11-13)21-15-7-1-2-8-15;/h3,5,9,11,14-15,18H,1-2,4,6-8,10,12H2,(H,19,20);1H. The molecule has 1 amide bonds. The summed E-state index contributed by atoms with van der Waals surface area (Å²) >= 11 is 0. The highest BCUT2D eigenvalue weighted by Crippen LogP contribution is 2.24. The molecule has 2 fully saturated rings. The minimum atomic E-state index is -0.0134. The average Bonchev–Trinajstić information content (AvgIpc) is 3.18. The number of rotatable bonds is 5. The highest BCUT2D eigenvalue weighted by molar-refractivity contribution is 5.94. The average molecular weight is 325 g/mol. The smallest absolute Gasteiger partial charge is 0.251 e. The molecule has 2 aliphatic rings. The van der Waals surface area contributed by atoms with Gasteiger partial charge in [0.2, 0.25) is 0 Å². The maximum absolute atomic E-state index is 12.2. The van der Waals surface area contributed by atoms with Crippen molar-refractivity contribution in [3.8, 4) is 5.75 Å². The Kier molecular flexibility index (Phi) is 6.52. The van der Waals surface area contributed by atoms with Crippen LogP contribution in [0.5, 0.6) is 5.75 Å². The third-order valence-corrected chi connectivity index (χ3v) is 4.37. The van der Waals surface area contributed by atoms with Crippen LogP contribution in [0.2, 0.25) is 0 Å². The van der Waals surface area contributed by atoms with Crippen molar-refractivity contribution >= 4 is 18.3 Å². The first kappa shape index (κ1) is 17.1. The predicted molar refractivity (Wildman–Crippen MR) is 89.9 cm³/mol. The Morgan fingerprint density at radius 3 is 2.77 bits per heavy atom. The number of benzene rings is 1. The summed E-state index contributed by atoms with van der Waals surface area (Å²) in [4.78, 5) is 12.2. The van der Waals surface area contributed by atoms with Crippen molar-refractivity contribution in [2.75, 3.05) is 13.1 Å². The van der Waals surface area contributed by atoms with E-state index in [1.165, 1.54) is 19.3 Å². The van der Waals surface area contributed by atoms with E-state index in [2.05, 4.69) is 10.6 Å². The minimum Gasteiger partial charge on any atom is -0.490 e. The van der Waals surface area contributed by atoms with Gasteiger partial charge in [0.1, 0.15) is 5.75 Å². The summed E-state index contributed by atoms with van der Waals surface area (Å²) < 4.78 is 5.95. The van der Waals surface area contributed by atoms with Crippen molar-refractivity contribution in [3.05, 3.63) is 29.8 Å². The second kappa shape index (κ2) is 8.39. The molecule has 0 aromatic heterocycles. The van der Waals surface area contributed by atoms with Crippen LogP contribution in [-0.2, 0) is 0 Å². The van der Waals surface area contributed by atoms with Gasteiger partial charge < -0.3 is 15.4 Å². The summed E-state index contributed by atoms with van der Waals surface area (Å²) in [6.45, 7) is 1.76. The van der Waals surface area contributed by atoms with Crippen molar-refractivity contribution < 1.29 is 9.53 Å². The molecule has 1 aliphatic carbocycles.